The van der Waals surface area contributed by atoms with E-state index >= 15 is 0 Å². The van der Waals surface area contributed by atoms with Crippen LogP contribution in [-0.4, -0.2) is 60.6 Å². The number of hydrogen-bond donors (Lipinski definition) is 1. The van der Waals surface area contributed by atoms with E-state index in [1.807, 2.05) is 0 Å². The van der Waals surface area contributed by atoms with Crippen LogP contribution in [0.4, 0.5) is 5.82 Å². The number of ether oxygens (including phenoxy) is 1. The van der Waals surface area contributed by atoms with Gasteiger partial charge in [0.05, 0.1) is 21.9 Å². The minimum Gasteiger partial charge on any atom is -0.383 e. The van der Waals surface area contributed by atoms with Crippen molar-refractivity contribution in [3.63, 3.8) is 0 Å². The van der Waals surface area contributed by atoms with Crippen LogP contribution in [0.2, 0.25) is 0 Å². The second-order valence-corrected chi connectivity index (χ2v) is 6.00. The number of nitrogen functional groups attached to an aromatic ring is 1. The van der Waals surface area contributed by atoms with Gasteiger partial charge in [-0.05, 0) is 36.7 Å². The van der Waals surface area contributed by atoms with Crippen LogP contribution >= 0.6 is 22.6 Å². The lowest BCUT2D eigenvalue weighted by molar-refractivity contribution is 0.109. The first-order valence-corrected chi connectivity index (χ1v) is 7.30. The largest absolute Gasteiger partial charge is 0.383 e. The van der Waals surface area contributed by atoms with Crippen molar-refractivity contribution in [2.75, 3.05) is 46.6 Å². The maximum absolute atomic E-state index is 5.99. The maximum Gasteiger partial charge on any atom is 0.149 e. The standard InChI is InChI=1S/C12H20IN5O/c1-17-4-5-18(2)9(6-17)12-15-8(7-19-3)10(13)11(14)16-12/h9H,4-7H2,1-3H3,(H2,14,15,16). The van der Waals surface area contributed by atoms with Gasteiger partial charge in [0.25, 0.3) is 0 Å². The van der Waals surface area contributed by atoms with E-state index in [1.165, 1.54) is 0 Å². The number of likely N-dealkylation sites (N-methyl/N-ethyl adjacent to an activating group) is 2. The molecule has 6 nitrogen and oxygen atoms in total. The van der Waals surface area contributed by atoms with Gasteiger partial charge in [-0.25, -0.2) is 9.97 Å². The highest BCUT2D eigenvalue weighted by atomic mass is 127. The molecule has 0 bridgehead atoms. The monoisotopic (exact) mass is 377 g/mol. The summed E-state index contributed by atoms with van der Waals surface area (Å²) in [5.74, 6) is 1.33. The van der Waals surface area contributed by atoms with Gasteiger partial charge in [-0.3, -0.25) is 4.90 Å². The number of aromatic nitrogens is 2. The average molecular weight is 377 g/mol. The van der Waals surface area contributed by atoms with Crippen molar-refractivity contribution in [2.24, 2.45) is 0 Å². The Bertz CT molecular complexity index is 456. The number of hydrogen-bond acceptors (Lipinski definition) is 6. The molecule has 19 heavy (non-hydrogen) atoms. The number of methoxy groups -OCH3 is 1. The molecule has 2 heterocycles. The third-order valence-corrected chi connectivity index (χ3v) is 4.57. The molecule has 0 amide bonds. The molecule has 106 valence electrons. The van der Waals surface area contributed by atoms with Crippen molar-refractivity contribution in [3.8, 4) is 0 Å². The lowest BCUT2D eigenvalue weighted by Gasteiger charge is -2.36. The topological polar surface area (TPSA) is 67.5 Å². The van der Waals surface area contributed by atoms with Crippen molar-refractivity contribution in [1.29, 1.82) is 0 Å². The molecule has 0 radical (unpaired) electrons. The summed E-state index contributed by atoms with van der Waals surface area (Å²) in [7, 11) is 5.88. The average Bonchev–Trinajstić information content (AvgIpc) is 2.38. The van der Waals surface area contributed by atoms with Crippen molar-refractivity contribution in [3.05, 3.63) is 15.1 Å². The number of nitrogens with two attached hydrogens (primary N) is 1. The van der Waals surface area contributed by atoms with Crippen LogP contribution in [0.25, 0.3) is 0 Å². The van der Waals surface area contributed by atoms with E-state index in [1.54, 1.807) is 7.11 Å². The summed E-state index contributed by atoms with van der Waals surface area (Å²) in [5, 5.41) is 0. The first kappa shape index (κ1) is 14.9. The van der Waals surface area contributed by atoms with Gasteiger partial charge >= 0.3 is 0 Å². The number of piperazine rings is 1. The molecule has 1 atom stereocenters. The zero-order valence-corrected chi connectivity index (χ0v) is 13.7. The fourth-order valence-corrected chi connectivity index (χ4v) is 2.60. The molecule has 1 aromatic rings. The minimum absolute atomic E-state index is 0.189. The van der Waals surface area contributed by atoms with Gasteiger partial charge in [0.15, 0.2) is 0 Å². The molecule has 1 aromatic heterocycles. The first-order valence-electron chi connectivity index (χ1n) is 6.22. The minimum atomic E-state index is 0.189. The second-order valence-electron chi connectivity index (χ2n) is 4.92. The number of anilines is 1. The van der Waals surface area contributed by atoms with Crippen LogP contribution in [0.5, 0.6) is 0 Å². The van der Waals surface area contributed by atoms with Gasteiger partial charge in [-0.15, -0.1) is 0 Å². The molecule has 1 aliphatic rings. The van der Waals surface area contributed by atoms with Crippen molar-refractivity contribution in [1.82, 2.24) is 19.8 Å². The quantitative estimate of drug-likeness (QED) is 0.784. The Labute approximate surface area is 127 Å². The Kier molecular flexibility index (Phi) is 4.93. The highest BCUT2D eigenvalue weighted by Gasteiger charge is 2.27. The van der Waals surface area contributed by atoms with E-state index in [4.69, 9.17) is 10.5 Å². The first-order chi connectivity index (χ1) is 9.02. The number of rotatable bonds is 3. The van der Waals surface area contributed by atoms with Gasteiger partial charge in [0, 0.05) is 26.7 Å². The van der Waals surface area contributed by atoms with E-state index in [9.17, 15) is 0 Å². The lowest BCUT2D eigenvalue weighted by Crippen LogP contribution is -2.45. The summed E-state index contributed by atoms with van der Waals surface area (Å²) in [5.41, 5.74) is 6.86. The fraction of sp³-hybridized carbons (Fsp3) is 0.667. The molecule has 1 fully saturated rings. The Hall–Kier alpha value is -0.510. The molecule has 0 spiro atoms. The summed E-state index contributed by atoms with van der Waals surface area (Å²) < 4.78 is 6.06. The van der Waals surface area contributed by atoms with Gasteiger partial charge < -0.3 is 15.4 Å². The summed E-state index contributed by atoms with van der Waals surface area (Å²) in [6.07, 6.45) is 0. The van der Waals surface area contributed by atoms with E-state index in [-0.39, 0.29) is 6.04 Å². The Morgan fingerprint density at radius 2 is 2.11 bits per heavy atom. The van der Waals surface area contributed by atoms with Gasteiger partial charge in [-0.1, -0.05) is 0 Å². The SMILES string of the molecule is COCc1nc(C2CN(C)CCN2C)nc(N)c1I. The fourth-order valence-electron chi connectivity index (χ4n) is 2.20. The number of nitrogens with zero attached hydrogens (tertiary/aromatic N) is 4. The predicted octanol–water partition coefficient (Wildman–Crippen LogP) is 0.728. The predicted molar refractivity (Wildman–Crippen MR) is 82.7 cm³/mol. The normalized spacial score (nSPS) is 21.8. The molecule has 2 N–H and O–H groups in total. The van der Waals surface area contributed by atoms with Crippen LogP contribution in [0, 0.1) is 3.57 Å². The summed E-state index contributed by atoms with van der Waals surface area (Å²) in [6.45, 7) is 3.46. The Balaban J connectivity index is 2.33. The Morgan fingerprint density at radius 3 is 2.79 bits per heavy atom. The number of halogens is 1. The maximum atomic E-state index is 5.99. The molecular formula is C12H20IN5O. The molecule has 1 unspecified atom stereocenters. The molecule has 0 aliphatic carbocycles. The molecule has 1 aliphatic heterocycles. The zero-order chi connectivity index (χ0) is 14.0. The molecule has 0 aromatic carbocycles. The highest BCUT2D eigenvalue weighted by Crippen LogP contribution is 2.24. The van der Waals surface area contributed by atoms with E-state index in [0.29, 0.717) is 12.4 Å². The smallest absolute Gasteiger partial charge is 0.149 e. The second kappa shape index (κ2) is 6.29. The van der Waals surface area contributed by atoms with Crippen LogP contribution in [0.1, 0.15) is 17.6 Å². The summed E-state index contributed by atoms with van der Waals surface area (Å²) in [4.78, 5) is 13.7. The molecule has 0 saturated carbocycles. The van der Waals surface area contributed by atoms with E-state index in [2.05, 4.69) is 56.5 Å². The van der Waals surface area contributed by atoms with Gasteiger partial charge in [-0.2, -0.15) is 0 Å². The molecule has 7 heteroatoms. The van der Waals surface area contributed by atoms with Crippen LogP contribution < -0.4 is 5.73 Å². The zero-order valence-electron chi connectivity index (χ0n) is 11.6. The van der Waals surface area contributed by atoms with E-state index < -0.39 is 0 Å². The van der Waals surface area contributed by atoms with E-state index in [0.717, 1.165) is 34.7 Å². The Morgan fingerprint density at radius 1 is 1.37 bits per heavy atom. The van der Waals surface area contributed by atoms with Crippen molar-refractivity contribution < 1.29 is 4.74 Å². The third-order valence-electron chi connectivity index (χ3n) is 3.39. The van der Waals surface area contributed by atoms with Crippen molar-refractivity contribution in [2.45, 2.75) is 12.6 Å². The lowest BCUT2D eigenvalue weighted by atomic mass is 10.1. The van der Waals surface area contributed by atoms with Gasteiger partial charge in [0.2, 0.25) is 0 Å². The van der Waals surface area contributed by atoms with Crippen molar-refractivity contribution >= 4 is 28.4 Å². The highest BCUT2D eigenvalue weighted by molar-refractivity contribution is 14.1. The van der Waals surface area contributed by atoms with Crippen LogP contribution in [0.15, 0.2) is 0 Å². The summed E-state index contributed by atoms with van der Waals surface area (Å²) >= 11 is 2.17. The third kappa shape index (κ3) is 3.33. The van der Waals surface area contributed by atoms with Gasteiger partial charge in [0.1, 0.15) is 11.6 Å². The van der Waals surface area contributed by atoms with Crippen LogP contribution in [0.3, 0.4) is 0 Å². The molecule has 1 saturated heterocycles. The molecule has 2 rings (SSSR count). The van der Waals surface area contributed by atoms with Crippen LogP contribution in [-0.2, 0) is 11.3 Å². The summed E-state index contributed by atoms with van der Waals surface area (Å²) in [6, 6.07) is 0.189. The molecular weight excluding hydrogens is 357 g/mol.